The van der Waals surface area contributed by atoms with Crippen molar-refractivity contribution in [1.82, 2.24) is 15.0 Å². The Morgan fingerprint density at radius 2 is 1.88 bits per heavy atom. The van der Waals surface area contributed by atoms with Crippen LogP contribution < -0.4 is 5.56 Å². The predicted molar refractivity (Wildman–Crippen MR) is 93.6 cm³/mol. The third-order valence-corrected chi connectivity index (χ3v) is 4.85. The van der Waals surface area contributed by atoms with Crippen molar-refractivity contribution in [2.24, 2.45) is 0 Å². The van der Waals surface area contributed by atoms with Crippen LogP contribution in [0.15, 0.2) is 53.5 Å². The van der Waals surface area contributed by atoms with Gasteiger partial charge in [-0.15, -0.1) is 11.3 Å². The van der Waals surface area contributed by atoms with Crippen LogP contribution in [-0.4, -0.2) is 15.0 Å². The van der Waals surface area contributed by atoms with Crippen LogP contribution in [0, 0.1) is 12.7 Å². The summed E-state index contributed by atoms with van der Waals surface area (Å²) in [7, 11) is 0. The Morgan fingerprint density at radius 3 is 2.62 bits per heavy atom. The number of H-pyrrole nitrogens is 1. The van der Waals surface area contributed by atoms with E-state index in [-0.39, 0.29) is 11.4 Å². The number of nitrogens with one attached hydrogen (secondary N) is 1. The molecule has 0 spiro atoms. The van der Waals surface area contributed by atoms with Gasteiger partial charge in [-0.05, 0) is 42.8 Å². The maximum atomic E-state index is 13.1. The molecule has 0 bridgehead atoms. The van der Waals surface area contributed by atoms with Crippen LogP contribution in [0.4, 0.5) is 4.39 Å². The zero-order valence-electron chi connectivity index (χ0n) is 12.7. The number of hydrogen-bond acceptors (Lipinski definition) is 4. The molecule has 0 aliphatic rings. The second-order valence-electron chi connectivity index (χ2n) is 5.43. The topological polar surface area (TPSA) is 58.6 Å². The fourth-order valence-electron chi connectivity index (χ4n) is 2.53. The molecule has 0 unspecified atom stereocenters. The molecule has 3 aromatic heterocycles. The van der Waals surface area contributed by atoms with Crippen molar-refractivity contribution < 1.29 is 4.39 Å². The van der Waals surface area contributed by atoms with Crippen molar-refractivity contribution >= 4 is 21.6 Å². The van der Waals surface area contributed by atoms with Gasteiger partial charge < -0.3 is 4.98 Å². The molecule has 118 valence electrons. The fourth-order valence-corrected chi connectivity index (χ4v) is 3.52. The maximum absolute atomic E-state index is 13.1. The van der Waals surface area contributed by atoms with Crippen molar-refractivity contribution in [3.05, 3.63) is 70.5 Å². The Morgan fingerprint density at radius 1 is 1.08 bits per heavy atom. The van der Waals surface area contributed by atoms with Gasteiger partial charge in [-0.25, -0.2) is 9.37 Å². The average molecular weight is 337 g/mol. The number of halogens is 1. The fraction of sp³-hybridized carbons (Fsp3) is 0.0556. The van der Waals surface area contributed by atoms with Gasteiger partial charge in [0.05, 0.1) is 5.52 Å². The van der Waals surface area contributed by atoms with Gasteiger partial charge >= 0.3 is 0 Å². The lowest BCUT2D eigenvalue weighted by Gasteiger charge is -2.01. The van der Waals surface area contributed by atoms with Gasteiger partial charge in [0.25, 0.3) is 5.56 Å². The predicted octanol–water partition coefficient (Wildman–Crippen LogP) is 4.16. The molecule has 3 heterocycles. The molecular weight excluding hydrogens is 325 g/mol. The Hall–Kier alpha value is -2.86. The summed E-state index contributed by atoms with van der Waals surface area (Å²) in [6.07, 6.45) is 1.69. The summed E-state index contributed by atoms with van der Waals surface area (Å²) >= 11 is 1.35. The van der Waals surface area contributed by atoms with Crippen LogP contribution in [0.2, 0.25) is 0 Å². The van der Waals surface area contributed by atoms with Crippen molar-refractivity contribution in [3.63, 3.8) is 0 Å². The summed E-state index contributed by atoms with van der Waals surface area (Å²) in [6, 6.07) is 11.7. The van der Waals surface area contributed by atoms with E-state index in [1.54, 1.807) is 18.3 Å². The SMILES string of the molecule is Cc1cc(-c2nc3cc(-c4ccc(F)cc4)sc3c(=O)[nH]2)ccn1. The number of aryl methyl sites for hydroxylation is 1. The standard InChI is InChI=1S/C18H12FN3OS/c1-10-8-12(6-7-20-10)17-21-14-9-15(24-16(14)18(23)22-17)11-2-4-13(19)5-3-11/h2-9H,1H3,(H,21,22,23). The highest BCUT2D eigenvalue weighted by atomic mass is 32.1. The summed E-state index contributed by atoms with van der Waals surface area (Å²) in [5.41, 5.74) is 2.99. The Bertz CT molecular complexity index is 1100. The van der Waals surface area contributed by atoms with Gasteiger partial charge in [-0.1, -0.05) is 12.1 Å². The monoisotopic (exact) mass is 337 g/mol. The van der Waals surface area contributed by atoms with Gasteiger partial charge in [0.1, 0.15) is 16.3 Å². The summed E-state index contributed by atoms with van der Waals surface area (Å²) in [4.78, 5) is 24.8. The second kappa shape index (κ2) is 5.65. The number of pyridine rings is 1. The van der Waals surface area contributed by atoms with Crippen LogP contribution in [0.25, 0.3) is 32.0 Å². The molecule has 0 amide bonds. The normalized spacial score (nSPS) is 11.1. The van der Waals surface area contributed by atoms with E-state index in [0.717, 1.165) is 21.7 Å². The zero-order chi connectivity index (χ0) is 16.7. The number of nitrogens with zero attached hydrogens (tertiary/aromatic N) is 2. The maximum Gasteiger partial charge on any atom is 0.269 e. The Balaban J connectivity index is 1.87. The molecule has 0 atom stereocenters. The third-order valence-electron chi connectivity index (χ3n) is 3.68. The van der Waals surface area contributed by atoms with E-state index in [4.69, 9.17) is 0 Å². The number of aromatic nitrogens is 3. The summed E-state index contributed by atoms with van der Waals surface area (Å²) in [5.74, 6) is 0.229. The number of thiophene rings is 1. The molecule has 6 heteroatoms. The number of hydrogen-bond donors (Lipinski definition) is 1. The first-order valence-corrected chi connectivity index (χ1v) is 8.14. The van der Waals surface area contributed by atoms with Crippen molar-refractivity contribution in [1.29, 1.82) is 0 Å². The highest BCUT2D eigenvalue weighted by molar-refractivity contribution is 7.22. The number of rotatable bonds is 2. The summed E-state index contributed by atoms with van der Waals surface area (Å²) in [5, 5.41) is 0. The van der Waals surface area contributed by atoms with Crippen molar-refractivity contribution in [3.8, 4) is 21.8 Å². The first kappa shape index (κ1) is 14.7. The van der Waals surface area contributed by atoms with E-state index in [1.807, 2.05) is 25.1 Å². The first-order valence-electron chi connectivity index (χ1n) is 7.33. The van der Waals surface area contributed by atoms with E-state index in [9.17, 15) is 9.18 Å². The van der Waals surface area contributed by atoms with Gasteiger partial charge in [0, 0.05) is 22.3 Å². The van der Waals surface area contributed by atoms with Gasteiger partial charge in [-0.2, -0.15) is 0 Å². The zero-order valence-corrected chi connectivity index (χ0v) is 13.5. The molecule has 1 aromatic carbocycles. The Kier molecular flexibility index (Phi) is 3.46. The lowest BCUT2D eigenvalue weighted by Crippen LogP contribution is -2.07. The van der Waals surface area contributed by atoms with Gasteiger partial charge in [-0.3, -0.25) is 9.78 Å². The first-order chi connectivity index (χ1) is 11.6. The smallest absolute Gasteiger partial charge is 0.269 e. The largest absolute Gasteiger partial charge is 0.305 e. The van der Waals surface area contributed by atoms with E-state index < -0.39 is 0 Å². The molecule has 1 N–H and O–H groups in total. The van der Waals surface area contributed by atoms with Gasteiger partial charge in [0.2, 0.25) is 0 Å². The summed E-state index contributed by atoms with van der Waals surface area (Å²) in [6.45, 7) is 1.89. The number of fused-ring (bicyclic) bond motifs is 1. The molecule has 0 saturated heterocycles. The lowest BCUT2D eigenvalue weighted by atomic mass is 10.2. The molecule has 4 nitrogen and oxygen atoms in total. The third kappa shape index (κ3) is 2.61. The molecule has 0 fully saturated rings. The van der Waals surface area contributed by atoms with Crippen LogP contribution in [0.1, 0.15) is 5.69 Å². The van der Waals surface area contributed by atoms with Crippen LogP contribution in [0.5, 0.6) is 0 Å². The van der Waals surface area contributed by atoms with E-state index in [0.29, 0.717) is 16.0 Å². The minimum Gasteiger partial charge on any atom is -0.305 e. The lowest BCUT2D eigenvalue weighted by molar-refractivity contribution is 0.628. The molecule has 0 radical (unpaired) electrons. The van der Waals surface area contributed by atoms with E-state index in [1.165, 1.54) is 23.5 Å². The molecule has 4 rings (SSSR count). The van der Waals surface area contributed by atoms with Crippen LogP contribution in [-0.2, 0) is 0 Å². The Labute approximate surface area is 140 Å². The summed E-state index contributed by atoms with van der Waals surface area (Å²) < 4.78 is 13.6. The van der Waals surface area contributed by atoms with Crippen molar-refractivity contribution in [2.75, 3.05) is 0 Å². The molecule has 0 saturated carbocycles. The molecule has 4 aromatic rings. The van der Waals surface area contributed by atoms with E-state index in [2.05, 4.69) is 15.0 Å². The van der Waals surface area contributed by atoms with Gasteiger partial charge in [0.15, 0.2) is 0 Å². The van der Waals surface area contributed by atoms with Crippen LogP contribution >= 0.6 is 11.3 Å². The highest BCUT2D eigenvalue weighted by Crippen LogP contribution is 2.31. The molecular formula is C18H12FN3OS. The van der Waals surface area contributed by atoms with E-state index >= 15 is 0 Å². The highest BCUT2D eigenvalue weighted by Gasteiger charge is 2.11. The number of aromatic amines is 1. The van der Waals surface area contributed by atoms with Crippen molar-refractivity contribution in [2.45, 2.75) is 6.92 Å². The number of benzene rings is 1. The minimum absolute atomic E-state index is 0.178. The molecule has 0 aliphatic heterocycles. The van der Waals surface area contributed by atoms with Crippen LogP contribution in [0.3, 0.4) is 0 Å². The quantitative estimate of drug-likeness (QED) is 0.597. The molecule has 24 heavy (non-hydrogen) atoms. The average Bonchev–Trinajstić information content (AvgIpc) is 3.00. The second-order valence-corrected chi connectivity index (χ2v) is 6.48. The minimum atomic E-state index is -0.286. The molecule has 0 aliphatic carbocycles.